The highest BCUT2D eigenvalue weighted by atomic mass is 16.6. The first-order valence-corrected chi connectivity index (χ1v) is 8.36. The number of nitrogens with zero attached hydrogens (tertiary/aromatic N) is 2. The van der Waals surface area contributed by atoms with E-state index in [0.717, 1.165) is 5.56 Å². The Morgan fingerprint density at radius 2 is 2.00 bits per heavy atom. The molecule has 0 fully saturated rings. The van der Waals surface area contributed by atoms with E-state index in [4.69, 9.17) is 4.74 Å². The molecule has 3 aromatic rings. The average molecular weight is 380 g/mol. The molecule has 9 nitrogen and oxygen atoms in total. The Kier molecular flexibility index (Phi) is 5.45. The standard InChI is InChI=1S/C19H16N4O5/c1-2-28-17(24)10-5-12-3-6-13(7-4-12)20-19(25)18-15-11-14(23(26)27)8-9-16(15)21-22-18/h3-11H,2H2,1H3,(H,20,25)(H,21,22). The number of aromatic amines is 1. The number of hydrogen-bond acceptors (Lipinski definition) is 6. The molecule has 0 saturated carbocycles. The average Bonchev–Trinajstić information content (AvgIpc) is 3.11. The van der Waals surface area contributed by atoms with E-state index < -0.39 is 16.8 Å². The number of H-pyrrole nitrogens is 1. The molecule has 0 saturated heterocycles. The van der Waals surface area contributed by atoms with Crippen LogP contribution in [0.3, 0.4) is 0 Å². The summed E-state index contributed by atoms with van der Waals surface area (Å²) < 4.78 is 4.80. The van der Waals surface area contributed by atoms with Crippen LogP contribution in [0.15, 0.2) is 48.5 Å². The number of esters is 1. The second-order valence-corrected chi connectivity index (χ2v) is 5.72. The summed E-state index contributed by atoms with van der Waals surface area (Å²) in [6.07, 6.45) is 2.92. The zero-order valence-electron chi connectivity index (χ0n) is 14.8. The lowest BCUT2D eigenvalue weighted by molar-refractivity contribution is -0.384. The van der Waals surface area contributed by atoms with Crippen molar-refractivity contribution in [3.05, 3.63) is 69.9 Å². The molecule has 3 rings (SSSR count). The van der Waals surface area contributed by atoms with Gasteiger partial charge in [-0.1, -0.05) is 12.1 Å². The molecule has 0 bridgehead atoms. The minimum Gasteiger partial charge on any atom is -0.463 e. The number of anilines is 1. The van der Waals surface area contributed by atoms with Crippen molar-refractivity contribution in [2.45, 2.75) is 6.92 Å². The van der Waals surface area contributed by atoms with Crippen LogP contribution in [0.2, 0.25) is 0 Å². The largest absolute Gasteiger partial charge is 0.463 e. The molecule has 2 aromatic carbocycles. The lowest BCUT2D eigenvalue weighted by Crippen LogP contribution is -2.12. The molecule has 28 heavy (non-hydrogen) atoms. The van der Waals surface area contributed by atoms with Gasteiger partial charge in [-0.2, -0.15) is 5.10 Å². The maximum absolute atomic E-state index is 12.5. The van der Waals surface area contributed by atoms with Crippen LogP contribution in [0, 0.1) is 10.1 Å². The summed E-state index contributed by atoms with van der Waals surface area (Å²) in [5.41, 5.74) is 1.73. The number of benzene rings is 2. The predicted octanol–water partition coefficient (Wildman–Crippen LogP) is 3.30. The van der Waals surface area contributed by atoms with E-state index in [0.29, 0.717) is 23.2 Å². The number of amides is 1. The number of ether oxygens (including phenoxy) is 1. The number of nitro benzene ring substituents is 1. The van der Waals surface area contributed by atoms with Gasteiger partial charge in [0.05, 0.1) is 17.0 Å². The fraction of sp³-hybridized carbons (Fsp3) is 0.105. The molecule has 0 aliphatic heterocycles. The van der Waals surface area contributed by atoms with E-state index in [1.165, 1.54) is 24.3 Å². The Bertz CT molecular complexity index is 1070. The Hall–Kier alpha value is -4.01. The number of aromatic nitrogens is 2. The number of hydrogen-bond donors (Lipinski definition) is 2. The first kappa shape index (κ1) is 18.8. The van der Waals surface area contributed by atoms with Gasteiger partial charge in [-0.05, 0) is 36.8 Å². The Labute approximate surface area is 159 Å². The van der Waals surface area contributed by atoms with Gasteiger partial charge in [0.2, 0.25) is 0 Å². The SMILES string of the molecule is CCOC(=O)C=Cc1ccc(NC(=O)c2n[nH]c3ccc([N+](=O)[O-])cc23)cc1. The molecule has 1 amide bonds. The van der Waals surface area contributed by atoms with E-state index in [1.807, 2.05) is 0 Å². The maximum atomic E-state index is 12.5. The van der Waals surface area contributed by atoms with Gasteiger partial charge >= 0.3 is 5.97 Å². The molecule has 142 valence electrons. The molecule has 0 spiro atoms. The normalized spacial score (nSPS) is 10.9. The smallest absolute Gasteiger partial charge is 0.330 e. The van der Waals surface area contributed by atoms with Gasteiger partial charge in [0, 0.05) is 29.3 Å². The molecule has 0 radical (unpaired) electrons. The van der Waals surface area contributed by atoms with Crippen LogP contribution in [0.5, 0.6) is 0 Å². The first-order valence-electron chi connectivity index (χ1n) is 8.36. The Morgan fingerprint density at radius 3 is 2.68 bits per heavy atom. The van der Waals surface area contributed by atoms with E-state index in [1.54, 1.807) is 37.3 Å². The third-order valence-electron chi connectivity index (χ3n) is 3.84. The van der Waals surface area contributed by atoms with Crippen LogP contribution >= 0.6 is 0 Å². The molecule has 2 N–H and O–H groups in total. The fourth-order valence-corrected chi connectivity index (χ4v) is 2.51. The van der Waals surface area contributed by atoms with Crippen molar-refractivity contribution in [1.82, 2.24) is 10.2 Å². The minimum atomic E-state index is -0.531. The van der Waals surface area contributed by atoms with Crippen LogP contribution in [-0.4, -0.2) is 33.6 Å². The van der Waals surface area contributed by atoms with Crippen LogP contribution in [0.25, 0.3) is 17.0 Å². The van der Waals surface area contributed by atoms with Crippen LogP contribution in [0.1, 0.15) is 23.0 Å². The van der Waals surface area contributed by atoms with Gasteiger partial charge in [0.25, 0.3) is 11.6 Å². The maximum Gasteiger partial charge on any atom is 0.330 e. The van der Waals surface area contributed by atoms with Crippen molar-refractivity contribution < 1.29 is 19.2 Å². The lowest BCUT2D eigenvalue weighted by Gasteiger charge is -2.04. The third-order valence-corrected chi connectivity index (χ3v) is 3.84. The zero-order valence-corrected chi connectivity index (χ0v) is 14.8. The number of non-ortho nitro benzene ring substituents is 1. The number of nitrogens with one attached hydrogen (secondary N) is 2. The van der Waals surface area contributed by atoms with Gasteiger partial charge in [0.1, 0.15) is 0 Å². The Morgan fingerprint density at radius 1 is 1.25 bits per heavy atom. The second-order valence-electron chi connectivity index (χ2n) is 5.72. The molecule has 0 aliphatic rings. The number of carbonyl (C=O) groups excluding carboxylic acids is 2. The molecule has 0 unspecified atom stereocenters. The van der Waals surface area contributed by atoms with Crippen molar-refractivity contribution in [1.29, 1.82) is 0 Å². The van der Waals surface area contributed by atoms with Gasteiger partial charge < -0.3 is 10.1 Å². The van der Waals surface area contributed by atoms with Crippen molar-refractivity contribution in [3.63, 3.8) is 0 Å². The van der Waals surface area contributed by atoms with E-state index in [2.05, 4.69) is 15.5 Å². The molecular formula is C19H16N4O5. The van der Waals surface area contributed by atoms with Crippen LogP contribution < -0.4 is 5.32 Å². The van der Waals surface area contributed by atoms with Crippen molar-refractivity contribution >= 4 is 40.2 Å². The van der Waals surface area contributed by atoms with Gasteiger partial charge in [-0.15, -0.1) is 0 Å². The summed E-state index contributed by atoms with van der Waals surface area (Å²) >= 11 is 0. The molecular weight excluding hydrogens is 364 g/mol. The van der Waals surface area contributed by atoms with E-state index >= 15 is 0 Å². The summed E-state index contributed by atoms with van der Waals surface area (Å²) in [6, 6.07) is 10.9. The Balaban J connectivity index is 1.74. The summed E-state index contributed by atoms with van der Waals surface area (Å²) in [5.74, 6) is -0.930. The first-order chi connectivity index (χ1) is 13.5. The fourth-order valence-electron chi connectivity index (χ4n) is 2.51. The number of rotatable bonds is 6. The second kappa shape index (κ2) is 8.12. The zero-order chi connectivity index (χ0) is 20.1. The summed E-state index contributed by atoms with van der Waals surface area (Å²) in [4.78, 5) is 34.2. The summed E-state index contributed by atoms with van der Waals surface area (Å²) in [5, 5.41) is 20.6. The van der Waals surface area contributed by atoms with Crippen molar-refractivity contribution in [2.75, 3.05) is 11.9 Å². The molecule has 0 aliphatic carbocycles. The highest BCUT2D eigenvalue weighted by Gasteiger charge is 2.17. The molecule has 1 heterocycles. The highest BCUT2D eigenvalue weighted by Crippen LogP contribution is 2.23. The minimum absolute atomic E-state index is 0.0602. The van der Waals surface area contributed by atoms with Crippen molar-refractivity contribution in [2.24, 2.45) is 0 Å². The molecule has 1 aromatic heterocycles. The van der Waals surface area contributed by atoms with Gasteiger partial charge in [0.15, 0.2) is 5.69 Å². The topological polar surface area (TPSA) is 127 Å². The quantitative estimate of drug-likeness (QED) is 0.292. The summed E-state index contributed by atoms with van der Waals surface area (Å²) in [6.45, 7) is 2.03. The number of fused-ring (bicyclic) bond motifs is 1. The molecule has 0 atom stereocenters. The van der Waals surface area contributed by atoms with Crippen LogP contribution in [0.4, 0.5) is 11.4 Å². The number of carbonyl (C=O) groups is 2. The molecule has 9 heteroatoms. The van der Waals surface area contributed by atoms with Gasteiger partial charge in [-0.25, -0.2) is 4.79 Å². The van der Waals surface area contributed by atoms with E-state index in [-0.39, 0.29) is 11.4 Å². The predicted molar refractivity (Wildman–Crippen MR) is 103 cm³/mol. The van der Waals surface area contributed by atoms with Crippen LogP contribution in [-0.2, 0) is 9.53 Å². The third kappa shape index (κ3) is 4.21. The van der Waals surface area contributed by atoms with Gasteiger partial charge in [-0.3, -0.25) is 20.0 Å². The monoisotopic (exact) mass is 380 g/mol. The van der Waals surface area contributed by atoms with E-state index in [9.17, 15) is 19.7 Å². The highest BCUT2D eigenvalue weighted by molar-refractivity contribution is 6.11. The number of nitro groups is 1. The van der Waals surface area contributed by atoms with Crippen molar-refractivity contribution in [3.8, 4) is 0 Å². The summed E-state index contributed by atoms with van der Waals surface area (Å²) in [7, 11) is 0. The lowest BCUT2D eigenvalue weighted by atomic mass is 10.1.